The van der Waals surface area contributed by atoms with Gasteiger partial charge in [-0.1, -0.05) is 123 Å². The van der Waals surface area contributed by atoms with Gasteiger partial charge in [0.25, 0.3) is 0 Å². The molecule has 0 N–H and O–H groups in total. The molecule has 0 fully saturated rings. The summed E-state index contributed by atoms with van der Waals surface area (Å²) in [5.74, 6) is 0. The maximum absolute atomic E-state index is 4.68. The van der Waals surface area contributed by atoms with Crippen molar-refractivity contribution in [1.82, 2.24) is 19.1 Å². The number of hydrogen-bond acceptors (Lipinski definition) is 2. The van der Waals surface area contributed by atoms with E-state index < -0.39 is 0 Å². The van der Waals surface area contributed by atoms with E-state index in [0.717, 1.165) is 46.3 Å². The van der Waals surface area contributed by atoms with Crippen molar-refractivity contribution in [2.75, 3.05) is 0 Å². The third-order valence-corrected chi connectivity index (χ3v) is 10.3. The molecular formula is C50H40N4. The molecule has 0 amide bonds. The van der Waals surface area contributed by atoms with Gasteiger partial charge in [-0.3, -0.25) is 9.97 Å². The van der Waals surface area contributed by atoms with Crippen molar-refractivity contribution in [2.24, 2.45) is 0 Å². The van der Waals surface area contributed by atoms with Crippen molar-refractivity contribution in [3.05, 3.63) is 205 Å². The van der Waals surface area contributed by atoms with Gasteiger partial charge in [0.05, 0.1) is 33.1 Å². The first kappa shape index (κ1) is 33.1. The highest BCUT2D eigenvalue weighted by Crippen LogP contribution is 2.32. The monoisotopic (exact) mass is 696 g/mol. The summed E-state index contributed by atoms with van der Waals surface area (Å²) in [5, 5.41) is 2.36. The van der Waals surface area contributed by atoms with E-state index in [2.05, 4.69) is 177 Å². The number of pyridine rings is 2. The van der Waals surface area contributed by atoms with E-state index in [9.17, 15) is 0 Å². The molecule has 0 saturated heterocycles. The van der Waals surface area contributed by atoms with Gasteiger partial charge < -0.3 is 9.13 Å². The number of benzene rings is 6. The number of aromatic nitrogens is 4. The molecule has 10 rings (SSSR count). The van der Waals surface area contributed by atoms with E-state index in [1.54, 1.807) is 0 Å². The van der Waals surface area contributed by atoms with Gasteiger partial charge in [-0.2, -0.15) is 0 Å². The summed E-state index contributed by atoms with van der Waals surface area (Å²) < 4.78 is 4.62. The van der Waals surface area contributed by atoms with Crippen molar-refractivity contribution < 1.29 is 0 Å². The summed E-state index contributed by atoms with van der Waals surface area (Å²) in [6.45, 7) is 4.00. The molecule has 0 atom stereocenters. The van der Waals surface area contributed by atoms with E-state index in [0.29, 0.717) is 0 Å². The van der Waals surface area contributed by atoms with Gasteiger partial charge in [-0.25, -0.2) is 0 Å². The van der Waals surface area contributed by atoms with E-state index in [-0.39, 0.29) is 0 Å². The predicted octanol–water partition coefficient (Wildman–Crippen LogP) is 12.5. The third kappa shape index (κ3) is 6.02. The molecule has 0 aliphatic heterocycles. The standard InChI is InChI=1S/C48H34N4.C2H6/c1-3-9-43-41(7-1)47-45(11-5-29-49-47)51(43)39-25-17-35(18-26-39)31-33-13-21-37(22-14-33)38-23-15-34(16-24-38)32-36-19-27-40(28-20-36)52-44-10-4-2-8-42(44)48-46(52)12-6-30-50-48;1-2/h1-30H,31-32H2;1-2H3. The Bertz CT molecular complexity index is 2550. The largest absolute Gasteiger partial charge is 0.308 e. The van der Waals surface area contributed by atoms with Gasteiger partial charge in [-0.15, -0.1) is 0 Å². The molecule has 0 unspecified atom stereocenters. The Morgan fingerprint density at radius 2 is 0.685 bits per heavy atom. The highest BCUT2D eigenvalue weighted by Gasteiger charge is 2.14. The molecule has 0 bridgehead atoms. The quantitative estimate of drug-likeness (QED) is 0.166. The summed E-state index contributed by atoms with van der Waals surface area (Å²) in [5.41, 5.74) is 16.6. The van der Waals surface area contributed by atoms with Crippen LogP contribution in [0.2, 0.25) is 0 Å². The predicted molar refractivity (Wildman–Crippen MR) is 226 cm³/mol. The van der Waals surface area contributed by atoms with Crippen molar-refractivity contribution in [3.63, 3.8) is 0 Å². The average Bonchev–Trinajstić information content (AvgIpc) is 3.76. The Morgan fingerprint density at radius 1 is 0.352 bits per heavy atom. The van der Waals surface area contributed by atoms with Crippen LogP contribution in [0.4, 0.5) is 0 Å². The Morgan fingerprint density at radius 3 is 1.07 bits per heavy atom. The summed E-state index contributed by atoms with van der Waals surface area (Å²) in [4.78, 5) is 9.36. The van der Waals surface area contributed by atoms with Crippen LogP contribution in [-0.4, -0.2) is 19.1 Å². The molecule has 0 aliphatic rings. The zero-order valence-corrected chi connectivity index (χ0v) is 30.5. The van der Waals surface area contributed by atoms with Crippen molar-refractivity contribution in [2.45, 2.75) is 26.7 Å². The van der Waals surface area contributed by atoms with E-state index >= 15 is 0 Å². The Balaban J connectivity index is 0.00000189. The zero-order valence-electron chi connectivity index (χ0n) is 30.5. The number of nitrogens with zero attached hydrogens (tertiary/aromatic N) is 4. The Hall–Kier alpha value is -6.78. The van der Waals surface area contributed by atoms with Crippen LogP contribution in [0.25, 0.3) is 66.4 Å². The lowest BCUT2D eigenvalue weighted by Crippen LogP contribution is -1.95. The molecule has 4 nitrogen and oxygen atoms in total. The molecular weight excluding hydrogens is 657 g/mol. The lowest BCUT2D eigenvalue weighted by atomic mass is 9.98. The summed E-state index contributed by atoms with van der Waals surface area (Å²) in [6.07, 6.45) is 5.52. The van der Waals surface area contributed by atoms with Crippen LogP contribution in [0, 0.1) is 0 Å². The van der Waals surface area contributed by atoms with E-state index in [1.807, 2.05) is 38.4 Å². The molecule has 0 saturated carbocycles. The molecule has 260 valence electrons. The van der Waals surface area contributed by atoms with Gasteiger partial charge in [0.15, 0.2) is 0 Å². The smallest absolute Gasteiger partial charge is 0.0963 e. The average molecular weight is 697 g/mol. The second kappa shape index (κ2) is 14.3. The highest BCUT2D eigenvalue weighted by atomic mass is 15.0. The normalized spacial score (nSPS) is 11.3. The first-order valence-electron chi connectivity index (χ1n) is 18.8. The van der Waals surface area contributed by atoms with E-state index in [4.69, 9.17) is 0 Å². The lowest BCUT2D eigenvalue weighted by molar-refractivity contribution is 1.14. The van der Waals surface area contributed by atoms with Crippen molar-refractivity contribution in [3.8, 4) is 22.5 Å². The number of fused-ring (bicyclic) bond motifs is 6. The number of hydrogen-bond donors (Lipinski definition) is 0. The van der Waals surface area contributed by atoms with Gasteiger partial charge in [0.1, 0.15) is 0 Å². The van der Waals surface area contributed by atoms with Crippen LogP contribution in [0.1, 0.15) is 36.1 Å². The zero-order chi connectivity index (χ0) is 36.4. The van der Waals surface area contributed by atoms with Crippen LogP contribution >= 0.6 is 0 Å². The molecule has 0 radical (unpaired) electrons. The van der Waals surface area contributed by atoms with Gasteiger partial charge in [0.2, 0.25) is 0 Å². The molecule has 4 heteroatoms. The molecule has 4 aromatic heterocycles. The van der Waals surface area contributed by atoms with Crippen LogP contribution in [0.15, 0.2) is 182 Å². The Kier molecular flexibility index (Phi) is 8.78. The maximum Gasteiger partial charge on any atom is 0.0963 e. The number of para-hydroxylation sites is 2. The first-order valence-corrected chi connectivity index (χ1v) is 18.8. The third-order valence-electron chi connectivity index (χ3n) is 10.3. The van der Waals surface area contributed by atoms with Crippen LogP contribution < -0.4 is 0 Å². The maximum atomic E-state index is 4.68. The fourth-order valence-electron chi connectivity index (χ4n) is 7.75. The lowest BCUT2D eigenvalue weighted by Gasteiger charge is -2.10. The summed E-state index contributed by atoms with van der Waals surface area (Å²) in [7, 11) is 0. The fraction of sp³-hybridized carbons (Fsp3) is 0.0800. The van der Waals surface area contributed by atoms with Gasteiger partial charge in [0, 0.05) is 34.5 Å². The summed E-state index contributed by atoms with van der Waals surface area (Å²) in [6, 6.07) is 61.2. The van der Waals surface area contributed by atoms with Crippen molar-refractivity contribution >= 4 is 43.9 Å². The Labute approximate surface area is 315 Å². The molecule has 0 aliphatic carbocycles. The minimum absolute atomic E-state index is 0.890. The number of rotatable bonds is 7. The van der Waals surface area contributed by atoms with Crippen LogP contribution in [0.3, 0.4) is 0 Å². The van der Waals surface area contributed by atoms with Crippen LogP contribution in [-0.2, 0) is 12.8 Å². The molecule has 4 heterocycles. The first-order chi connectivity index (χ1) is 26.8. The second-order valence-corrected chi connectivity index (χ2v) is 13.5. The van der Waals surface area contributed by atoms with E-state index in [1.165, 1.54) is 55.2 Å². The topological polar surface area (TPSA) is 35.6 Å². The molecule has 6 aromatic carbocycles. The van der Waals surface area contributed by atoms with Gasteiger partial charge >= 0.3 is 0 Å². The van der Waals surface area contributed by atoms with Crippen LogP contribution in [0.5, 0.6) is 0 Å². The molecule has 54 heavy (non-hydrogen) atoms. The van der Waals surface area contributed by atoms with Crippen molar-refractivity contribution in [1.29, 1.82) is 0 Å². The highest BCUT2D eigenvalue weighted by molar-refractivity contribution is 6.07. The minimum Gasteiger partial charge on any atom is -0.308 e. The van der Waals surface area contributed by atoms with Gasteiger partial charge in [-0.05, 0) is 107 Å². The molecule has 0 spiro atoms. The fourth-order valence-corrected chi connectivity index (χ4v) is 7.75. The summed E-state index contributed by atoms with van der Waals surface area (Å²) >= 11 is 0. The second-order valence-electron chi connectivity index (χ2n) is 13.5. The minimum atomic E-state index is 0.890. The molecule has 10 aromatic rings. The SMILES string of the molecule is CC.c1ccc2c(c1)c1ncccc1n2-c1ccc(Cc2ccc(-c3ccc(Cc4ccc(-n5c6ccccc6c6ncccc65)cc4)cc3)cc2)cc1.